The average Bonchev–Trinajstić information content (AvgIpc) is 2.41. The van der Waals surface area contributed by atoms with Crippen LogP contribution in [0.3, 0.4) is 0 Å². The molecule has 0 radical (unpaired) electrons. The van der Waals surface area contributed by atoms with Crippen LogP contribution in [0.5, 0.6) is 5.75 Å². The summed E-state index contributed by atoms with van der Waals surface area (Å²) in [5.41, 5.74) is 1.75. The van der Waals surface area contributed by atoms with Crippen LogP contribution in [-0.4, -0.2) is 7.11 Å². The van der Waals surface area contributed by atoms with Crippen LogP contribution in [0.4, 0.5) is 5.69 Å². The molecule has 1 unspecified atom stereocenters. The number of halogens is 3. The van der Waals surface area contributed by atoms with E-state index < -0.39 is 0 Å². The maximum Gasteiger partial charge on any atom is 0.121 e. The monoisotopic (exact) mass is 329 g/mol. The molecule has 0 aliphatic carbocycles. The Balaban J connectivity index is 2.25. The molecule has 1 atom stereocenters. The second kappa shape index (κ2) is 6.57. The summed E-state index contributed by atoms with van der Waals surface area (Å²) in [7, 11) is 1.62. The van der Waals surface area contributed by atoms with Crippen LogP contribution in [0.2, 0.25) is 15.1 Å². The largest absolute Gasteiger partial charge is 0.497 e. The second-order valence-electron chi connectivity index (χ2n) is 4.38. The van der Waals surface area contributed by atoms with Gasteiger partial charge in [-0.1, -0.05) is 40.9 Å². The highest BCUT2D eigenvalue weighted by molar-refractivity contribution is 6.35. The van der Waals surface area contributed by atoms with Crippen molar-refractivity contribution in [1.29, 1.82) is 0 Å². The third kappa shape index (κ3) is 3.51. The number of hydrogen-bond acceptors (Lipinski definition) is 2. The molecule has 20 heavy (non-hydrogen) atoms. The summed E-state index contributed by atoms with van der Waals surface area (Å²) in [6, 6.07) is 10.9. The van der Waals surface area contributed by atoms with E-state index in [1.165, 1.54) is 0 Å². The fourth-order valence-corrected chi connectivity index (χ4v) is 2.65. The van der Waals surface area contributed by atoms with Gasteiger partial charge in [0.25, 0.3) is 0 Å². The zero-order valence-electron chi connectivity index (χ0n) is 11.1. The maximum atomic E-state index is 6.21. The maximum absolute atomic E-state index is 6.21. The van der Waals surface area contributed by atoms with Crippen LogP contribution in [0.25, 0.3) is 0 Å². The van der Waals surface area contributed by atoms with Crippen molar-refractivity contribution >= 4 is 40.5 Å². The van der Waals surface area contributed by atoms with E-state index >= 15 is 0 Å². The number of nitrogens with one attached hydrogen (secondary N) is 1. The van der Waals surface area contributed by atoms with Crippen molar-refractivity contribution in [2.75, 3.05) is 12.4 Å². The van der Waals surface area contributed by atoms with Crippen molar-refractivity contribution < 1.29 is 4.74 Å². The molecule has 0 heterocycles. The van der Waals surface area contributed by atoms with E-state index in [1.807, 2.05) is 31.2 Å². The summed E-state index contributed by atoms with van der Waals surface area (Å²) in [6.07, 6.45) is 0. The highest BCUT2D eigenvalue weighted by atomic mass is 35.5. The number of ether oxygens (including phenoxy) is 1. The van der Waals surface area contributed by atoms with Crippen LogP contribution in [0.1, 0.15) is 18.5 Å². The molecule has 2 rings (SSSR count). The molecule has 0 fully saturated rings. The van der Waals surface area contributed by atoms with E-state index in [0.29, 0.717) is 15.1 Å². The molecule has 0 saturated heterocycles. The minimum Gasteiger partial charge on any atom is -0.497 e. The van der Waals surface area contributed by atoms with Crippen molar-refractivity contribution in [2.45, 2.75) is 13.0 Å². The van der Waals surface area contributed by atoms with Crippen LogP contribution >= 0.6 is 34.8 Å². The Kier molecular flexibility index (Phi) is 5.03. The third-order valence-corrected chi connectivity index (χ3v) is 3.87. The summed E-state index contributed by atoms with van der Waals surface area (Å²) in [6.45, 7) is 2.00. The van der Waals surface area contributed by atoms with E-state index in [2.05, 4.69) is 5.32 Å². The van der Waals surface area contributed by atoms with E-state index in [1.54, 1.807) is 19.2 Å². The topological polar surface area (TPSA) is 21.3 Å². The highest BCUT2D eigenvalue weighted by Gasteiger charge is 2.12. The van der Waals surface area contributed by atoms with Gasteiger partial charge in [0.2, 0.25) is 0 Å². The fraction of sp³-hybridized carbons (Fsp3) is 0.200. The van der Waals surface area contributed by atoms with Crippen molar-refractivity contribution in [3.8, 4) is 5.75 Å². The smallest absolute Gasteiger partial charge is 0.121 e. The molecule has 0 saturated carbocycles. The third-order valence-electron chi connectivity index (χ3n) is 2.97. The zero-order valence-corrected chi connectivity index (χ0v) is 13.4. The second-order valence-corrected chi connectivity index (χ2v) is 5.63. The van der Waals surface area contributed by atoms with Gasteiger partial charge in [-0.3, -0.25) is 0 Å². The van der Waals surface area contributed by atoms with Gasteiger partial charge in [0, 0.05) is 16.1 Å². The highest BCUT2D eigenvalue weighted by Crippen LogP contribution is 2.32. The Bertz CT molecular complexity index is 616. The standard InChI is InChI=1S/C15H14Cl3NO/c1-9(12-5-3-10(16)7-14(12)18)19-15-8-11(20-2)4-6-13(15)17/h3-9,19H,1-2H3. The molecule has 0 aliphatic rings. The molecular weight excluding hydrogens is 317 g/mol. The minimum absolute atomic E-state index is 0.00984. The minimum atomic E-state index is -0.00984. The summed E-state index contributed by atoms with van der Waals surface area (Å²) >= 11 is 18.3. The van der Waals surface area contributed by atoms with Crippen molar-refractivity contribution in [2.24, 2.45) is 0 Å². The van der Waals surface area contributed by atoms with Crippen LogP contribution in [-0.2, 0) is 0 Å². The number of rotatable bonds is 4. The summed E-state index contributed by atoms with van der Waals surface area (Å²) in [4.78, 5) is 0. The first-order valence-corrected chi connectivity index (χ1v) is 7.19. The molecule has 0 amide bonds. The summed E-state index contributed by atoms with van der Waals surface area (Å²) < 4.78 is 5.19. The molecule has 1 N–H and O–H groups in total. The van der Waals surface area contributed by atoms with Gasteiger partial charge in [-0.15, -0.1) is 0 Å². The lowest BCUT2D eigenvalue weighted by atomic mass is 10.1. The lowest BCUT2D eigenvalue weighted by Gasteiger charge is -2.18. The number of methoxy groups -OCH3 is 1. The van der Waals surface area contributed by atoms with Crippen molar-refractivity contribution in [1.82, 2.24) is 0 Å². The normalized spacial score (nSPS) is 12.1. The number of hydrogen-bond donors (Lipinski definition) is 1. The Morgan fingerprint density at radius 2 is 1.75 bits per heavy atom. The predicted molar refractivity (Wildman–Crippen MR) is 86.5 cm³/mol. The molecule has 5 heteroatoms. The lowest BCUT2D eigenvalue weighted by Crippen LogP contribution is -2.07. The molecule has 2 aromatic rings. The number of benzene rings is 2. The summed E-state index contributed by atoms with van der Waals surface area (Å²) in [5.74, 6) is 0.742. The lowest BCUT2D eigenvalue weighted by molar-refractivity contribution is 0.415. The Hall–Kier alpha value is -1.09. The van der Waals surface area contributed by atoms with Gasteiger partial charge < -0.3 is 10.1 Å². The van der Waals surface area contributed by atoms with E-state index in [9.17, 15) is 0 Å². The van der Waals surface area contributed by atoms with Gasteiger partial charge in [0.15, 0.2) is 0 Å². The SMILES string of the molecule is COc1ccc(Cl)c(NC(C)c2ccc(Cl)cc2Cl)c1. The van der Waals surface area contributed by atoms with Gasteiger partial charge in [0.05, 0.1) is 23.9 Å². The molecule has 0 spiro atoms. The van der Waals surface area contributed by atoms with Crippen LogP contribution in [0.15, 0.2) is 36.4 Å². The van der Waals surface area contributed by atoms with Gasteiger partial charge in [-0.2, -0.15) is 0 Å². The molecule has 2 nitrogen and oxygen atoms in total. The van der Waals surface area contributed by atoms with Gasteiger partial charge in [0.1, 0.15) is 5.75 Å². The van der Waals surface area contributed by atoms with Crippen LogP contribution < -0.4 is 10.1 Å². The molecule has 0 aromatic heterocycles. The number of anilines is 1. The average molecular weight is 331 g/mol. The molecule has 106 valence electrons. The molecule has 0 bridgehead atoms. The Morgan fingerprint density at radius 1 is 1.00 bits per heavy atom. The van der Waals surface area contributed by atoms with Crippen molar-refractivity contribution in [3.05, 3.63) is 57.0 Å². The first-order chi connectivity index (χ1) is 9.51. The van der Waals surface area contributed by atoms with Crippen LogP contribution in [0, 0.1) is 0 Å². The first-order valence-electron chi connectivity index (χ1n) is 6.06. The van der Waals surface area contributed by atoms with Gasteiger partial charge >= 0.3 is 0 Å². The van der Waals surface area contributed by atoms with Gasteiger partial charge in [-0.05, 0) is 36.8 Å². The van der Waals surface area contributed by atoms with Crippen molar-refractivity contribution in [3.63, 3.8) is 0 Å². The zero-order chi connectivity index (χ0) is 14.7. The van der Waals surface area contributed by atoms with Gasteiger partial charge in [-0.25, -0.2) is 0 Å². The molecule has 0 aliphatic heterocycles. The fourth-order valence-electron chi connectivity index (χ4n) is 1.91. The van der Waals surface area contributed by atoms with E-state index in [0.717, 1.165) is 17.0 Å². The first kappa shape index (κ1) is 15.3. The predicted octanol–water partition coefficient (Wildman–Crippen LogP) is 5.83. The molecular formula is C15H14Cl3NO. The van der Waals surface area contributed by atoms with E-state index in [4.69, 9.17) is 39.5 Å². The molecule has 2 aromatic carbocycles. The summed E-state index contributed by atoms with van der Waals surface area (Å²) in [5, 5.41) is 5.19. The quantitative estimate of drug-likeness (QED) is 0.761. The van der Waals surface area contributed by atoms with E-state index in [-0.39, 0.29) is 6.04 Å². The Morgan fingerprint density at radius 3 is 2.40 bits per heavy atom. The Labute approximate surface area is 133 Å².